The van der Waals surface area contributed by atoms with Crippen LogP contribution >= 0.6 is 0 Å². The zero-order valence-corrected chi connectivity index (χ0v) is 7.99. The Morgan fingerprint density at radius 3 is 2.33 bits per heavy atom. The van der Waals surface area contributed by atoms with Gasteiger partial charge in [0.15, 0.2) is 6.10 Å². The molecule has 0 aliphatic rings. The first-order valence-corrected chi connectivity index (χ1v) is 3.99. The Hall–Kier alpha value is -0.610. The molecule has 0 radical (unpaired) electrons. The summed E-state index contributed by atoms with van der Waals surface area (Å²) < 4.78 is 5.16. The lowest BCUT2D eigenvalue weighted by Gasteiger charge is -2.17. The highest BCUT2D eigenvalue weighted by Crippen LogP contribution is 2.08. The van der Waals surface area contributed by atoms with Crippen molar-refractivity contribution in [1.82, 2.24) is 0 Å². The third-order valence-corrected chi connectivity index (χ3v) is 1.35. The fourth-order valence-electron chi connectivity index (χ4n) is 0.842. The predicted molar refractivity (Wildman–Crippen MR) is 43.4 cm³/mol. The van der Waals surface area contributed by atoms with Gasteiger partial charge in [-0.3, -0.25) is 4.89 Å². The van der Waals surface area contributed by atoms with Crippen molar-refractivity contribution < 1.29 is 19.3 Å². The minimum atomic E-state index is -0.532. The molecule has 0 aliphatic heterocycles. The first-order valence-electron chi connectivity index (χ1n) is 3.99. The van der Waals surface area contributed by atoms with Crippen molar-refractivity contribution in [3.05, 3.63) is 0 Å². The Kier molecular flexibility index (Phi) is 5.66. The standard InChI is InChI=1S/C8H16O4/c1-5-11-7(6(2)3)8(9)12-10-4/h6-7H,5H2,1-4H3. The zero-order chi connectivity index (χ0) is 9.56. The van der Waals surface area contributed by atoms with Gasteiger partial charge in [0.1, 0.15) is 0 Å². The summed E-state index contributed by atoms with van der Waals surface area (Å²) >= 11 is 0. The highest BCUT2D eigenvalue weighted by molar-refractivity contribution is 5.74. The maximum absolute atomic E-state index is 11.1. The van der Waals surface area contributed by atoms with Gasteiger partial charge in [0, 0.05) is 6.61 Å². The molecule has 4 nitrogen and oxygen atoms in total. The van der Waals surface area contributed by atoms with Crippen LogP contribution in [0.15, 0.2) is 0 Å². The molecule has 0 heterocycles. The minimum Gasteiger partial charge on any atom is -0.366 e. The normalized spacial score (nSPS) is 13.1. The van der Waals surface area contributed by atoms with Crippen molar-refractivity contribution in [2.45, 2.75) is 26.9 Å². The van der Waals surface area contributed by atoms with Gasteiger partial charge in [0.05, 0.1) is 7.11 Å². The predicted octanol–water partition coefficient (Wildman–Crippen LogP) is 1.15. The maximum Gasteiger partial charge on any atom is 0.371 e. The van der Waals surface area contributed by atoms with Crippen molar-refractivity contribution >= 4 is 5.97 Å². The van der Waals surface area contributed by atoms with Crippen LogP contribution in [0.4, 0.5) is 0 Å². The van der Waals surface area contributed by atoms with Crippen LogP contribution in [0, 0.1) is 5.92 Å². The molecular formula is C8H16O4. The molecule has 0 amide bonds. The number of carbonyl (C=O) groups is 1. The van der Waals surface area contributed by atoms with Gasteiger partial charge in [-0.1, -0.05) is 13.8 Å². The van der Waals surface area contributed by atoms with E-state index in [-0.39, 0.29) is 5.92 Å². The van der Waals surface area contributed by atoms with E-state index in [1.807, 2.05) is 20.8 Å². The third kappa shape index (κ3) is 3.69. The lowest BCUT2D eigenvalue weighted by molar-refractivity contribution is -0.265. The summed E-state index contributed by atoms with van der Waals surface area (Å²) in [6.07, 6.45) is -0.532. The lowest BCUT2D eigenvalue weighted by atomic mass is 10.1. The molecule has 1 unspecified atom stereocenters. The summed E-state index contributed by atoms with van der Waals surface area (Å²) in [5, 5.41) is 0. The fraction of sp³-hybridized carbons (Fsp3) is 0.875. The molecule has 0 aliphatic carbocycles. The average Bonchev–Trinajstić information content (AvgIpc) is 1.99. The van der Waals surface area contributed by atoms with Crippen molar-refractivity contribution in [2.75, 3.05) is 13.7 Å². The Bertz CT molecular complexity index is 133. The largest absolute Gasteiger partial charge is 0.371 e. The van der Waals surface area contributed by atoms with Crippen molar-refractivity contribution in [1.29, 1.82) is 0 Å². The number of carbonyl (C=O) groups excluding carboxylic acids is 1. The van der Waals surface area contributed by atoms with E-state index in [2.05, 4.69) is 9.78 Å². The summed E-state index contributed by atoms with van der Waals surface area (Å²) in [4.78, 5) is 19.7. The Balaban J connectivity index is 4.00. The van der Waals surface area contributed by atoms with Crippen LogP contribution in [0.1, 0.15) is 20.8 Å². The fourth-order valence-corrected chi connectivity index (χ4v) is 0.842. The zero-order valence-electron chi connectivity index (χ0n) is 7.99. The van der Waals surface area contributed by atoms with Gasteiger partial charge >= 0.3 is 5.97 Å². The second-order valence-corrected chi connectivity index (χ2v) is 2.69. The number of hydrogen-bond donors (Lipinski definition) is 0. The van der Waals surface area contributed by atoms with E-state index < -0.39 is 12.1 Å². The van der Waals surface area contributed by atoms with Crippen LogP contribution in [-0.2, 0) is 19.3 Å². The Labute approximate surface area is 72.7 Å². The average molecular weight is 176 g/mol. The van der Waals surface area contributed by atoms with Gasteiger partial charge in [-0.15, -0.1) is 0 Å². The van der Waals surface area contributed by atoms with Gasteiger partial charge in [-0.2, -0.15) is 4.89 Å². The van der Waals surface area contributed by atoms with Gasteiger partial charge in [-0.25, -0.2) is 4.79 Å². The molecule has 0 aromatic rings. The van der Waals surface area contributed by atoms with Crippen LogP contribution in [0.2, 0.25) is 0 Å². The molecule has 1 atom stereocenters. The molecule has 0 N–H and O–H groups in total. The van der Waals surface area contributed by atoms with E-state index in [0.29, 0.717) is 6.61 Å². The second-order valence-electron chi connectivity index (χ2n) is 2.69. The van der Waals surface area contributed by atoms with Crippen LogP contribution in [0.5, 0.6) is 0 Å². The molecule has 0 saturated heterocycles. The molecule has 12 heavy (non-hydrogen) atoms. The molecule has 72 valence electrons. The van der Waals surface area contributed by atoms with E-state index in [4.69, 9.17) is 4.74 Å². The number of ether oxygens (including phenoxy) is 1. The molecule has 0 rings (SSSR count). The number of rotatable bonds is 5. The summed E-state index contributed by atoms with van der Waals surface area (Å²) in [6, 6.07) is 0. The van der Waals surface area contributed by atoms with Crippen molar-refractivity contribution in [3.8, 4) is 0 Å². The molecule has 0 fully saturated rings. The van der Waals surface area contributed by atoms with Gasteiger partial charge in [0.2, 0.25) is 0 Å². The van der Waals surface area contributed by atoms with E-state index in [9.17, 15) is 4.79 Å². The molecule has 0 saturated carbocycles. The number of hydrogen-bond acceptors (Lipinski definition) is 4. The van der Waals surface area contributed by atoms with Crippen LogP contribution in [0.3, 0.4) is 0 Å². The van der Waals surface area contributed by atoms with Crippen LogP contribution < -0.4 is 0 Å². The third-order valence-electron chi connectivity index (χ3n) is 1.35. The molecule has 0 aromatic heterocycles. The molecular weight excluding hydrogens is 160 g/mol. The van der Waals surface area contributed by atoms with Crippen LogP contribution in [-0.4, -0.2) is 25.8 Å². The first-order chi connectivity index (χ1) is 5.63. The van der Waals surface area contributed by atoms with Gasteiger partial charge in [0.25, 0.3) is 0 Å². The highest BCUT2D eigenvalue weighted by atomic mass is 17.2. The van der Waals surface area contributed by atoms with E-state index >= 15 is 0 Å². The van der Waals surface area contributed by atoms with E-state index in [1.165, 1.54) is 7.11 Å². The van der Waals surface area contributed by atoms with Gasteiger partial charge in [-0.05, 0) is 12.8 Å². The summed E-state index contributed by atoms with van der Waals surface area (Å²) in [5.74, 6) is -0.387. The molecule has 0 bridgehead atoms. The summed E-state index contributed by atoms with van der Waals surface area (Å²) in [6.45, 7) is 6.09. The SMILES string of the molecule is CCOC(C(=O)OOC)C(C)C. The lowest BCUT2D eigenvalue weighted by Crippen LogP contribution is -2.31. The van der Waals surface area contributed by atoms with Crippen LogP contribution in [0.25, 0.3) is 0 Å². The minimum absolute atomic E-state index is 0.0904. The Morgan fingerprint density at radius 1 is 1.42 bits per heavy atom. The highest BCUT2D eigenvalue weighted by Gasteiger charge is 2.24. The monoisotopic (exact) mass is 176 g/mol. The first kappa shape index (κ1) is 11.4. The maximum atomic E-state index is 11.1. The molecule has 0 spiro atoms. The molecule has 0 aromatic carbocycles. The van der Waals surface area contributed by atoms with Crippen molar-refractivity contribution in [3.63, 3.8) is 0 Å². The second kappa shape index (κ2) is 5.97. The van der Waals surface area contributed by atoms with E-state index in [1.54, 1.807) is 0 Å². The molecule has 4 heteroatoms. The summed E-state index contributed by atoms with van der Waals surface area (Å²) in [7, 11) is 1.29. The smallest absolute Gasteiger partial charge is 0.366 e. The quantitative estimate of drug-likeness (QED) is 0.465. The van der Waals surface area contributed by atoms with E-state index in [0.717, 1.165) is 0 Å². The van der Waals surface area contributed by atoms with Crippen molar-refractivity contribution in [2.24, 2.45) is 5.92 Å². The Morgan fingerprint density at radius 2 is 2.00 bits per heavy atom. The topological polar surface area (TPSA) is 44.8 Å². The summed E-state index contributed by atoms with van der Waals surface area (Å²) in [5.41, 5.74) is 0. The van der Waals surface area contributed by atoms with Gasteiger partial charge < -0.3 is 4.74 Å².